The van der Waals surface area contributed by atoms with E-state index in [0.29, 0.717) is 11.3 Å². The van der Waals surface area contributed by atoms with Gasteiger partial charge in [-0.2, -0.15) is 0 Å². The first-order chi connectivity index (χ1) is 11.5. The van der Waals surface area contributed by atoms with Gasteiger partial charge in [0.15, 0.2) is 6.10 Å². The Balaban J connectivity index is 1.86. The summed E-state index contributed by atoms with van der Waals surface area (Å²) in [7, 11) is 0. The van der Waals surface area contributed by atoms with Crippen molar-refractivity contribution in [3.8, 4) is 0 Å². The van der Waals surface area contributed by atoms with Crippen molar-refractivity contribution in [1.82, 2.24) is 4.98 Å². The van der Waals surface area contributed by atoms with Crippen LogP contribution in [0.25, 0.3) is 10.9 Å². The number of nitrogens with one attached hydrogen (secondary N) is 1. The molecule has 0 amide bonds. The maximum Gasteiger partial charge on any atom is 0.341 e. The molecule has 1 unspecified atom stereocenters. The molecule has 2 aromatic carbocycles. The first-order valence-corrected chi connectivity index (χ1v) is 7.56. The van der Waals surface area contributed by atoms with Crippen molar-refractivity contribution in [2.24, 2.45) is 0 Å². The predicted octanol–water partition coefficient (Wildman–Crippen LogP) is 4.04. The van der Waals surface area contributed by atoms with Gasteiger partial charge in [-0.3, -0.25) is 4.79 Å². The molecule has 1 aromatic heterocycles. The van der Waals surface area contributed by atoms with Crippen LogP contribution in [0.5, 0.6) is 0 Å². The quantitative estimate of drug-likeness (QED) is 0.582. The molecule has 3 aromatic rings. The number of Topliss-reactive ketones (excluding diaryl/α,β-unsaturated/α-hetero) is 1. The molecular formula is C19H16FNO3. The predicted molar refractivity (Wildman–Crippen MR) is 88.6 cm³/mol. The Hall–Kier alpha value is -2.95. The van der Waals surface area contributed by atoms with Crippen molar-refractivity contribution in [2.75, 3.05) is 0 Å². The number of esters is 1. The smallest absolute Gasteiger partial charge is 0.341 e. The van der Waals surface area contributed by atoms with E-state index in [1.54, 1.807) is 6.92 Å². The van der Waals surface area contributed by atoms with E-state index >= 15 is 0 Å². The third kappa shape index (κ3) is 2.80. The highest BCUT2D eigenvalue weighted by Gasteiger charge is 2.25. The van der Waals surface area contributed by atoms with Crippen LogP contribution in [-0.2, 0) is 4.74 Å². The molecule has 1 heterocycles. The number of H-pyrrole nitrogens is 1. The number of rotatable bonds is 4. The van der Waals surface area contributed by atoms with Gasteiger partial charge in [0.05, 0.1) is 5.56 Å². The van der Waals surface area contributed by atoms with E-state index in [1.165, 1.54) is 31.2 Å². The second-order valence-corrected chi connectivity index (χ2v) is 5.56. The zero-order valence-corrected chi connectivity index (χ0v) is 13.3. The summed E-state index contributed by atoms with van der Waals surface area (Å²) in [4.78, 5) is 27.9. The van der Waals surface area contributed by atoms with Gasteiger partial charge >= 0.3 is 5.97 Å². The summed E-state index contributed by atoms with van der Waals surface area (Å²) in [5, 5.41) is 0.772. The van der Waals surface area contributed by atoms with Crippen LogP contribution in [0.15, 0.2) is 48.5 Å². The number of carbonyl (C=O) groups is 2. The molecule has 5 heteroatoms. The molecule has 0 saturated heterocycles. The number of hydrogen-bond donors (Lipinski definition) is 1. The van der Waals surface area contributed by atoms with Crippen LogP contribution >= 0.6 is 0 Å². The number of fused-ring (bicyclic) bond motifs is 1. The first kappa shape index (κ1) is 15.9. The lowest BCUT2D eigenvalue weighted by Crippen LogP contribution is -2.25. The molecule has 0 aliphatic rings. The first-order valence-electron chi connectivity index (χ1n) is 7.56. The largest absolute Gasteiger partial charge is 0.451 e. The zero-order valence-electron chi connectivity index (χ0n) is 13.3. The van der Waals surface area contributed by atoms with Gasteiger partial charge in [0.2, 0.25) is 5.78 Å². The summed E-state index contributed by atoms with van der Waals surface area (Å²) in [6.07, 6.45) is -1.02. The van der Waals surface area contributed by atoms with Crippen LogP contribution in [0.3, 0.4) is 0 Å². The Bertz CT molecular complexity index is 929. The Morgan fingerprint density at radius 3 is 2.50 bits per heavy atom. The lowest BCUT2D eigenvalue weighted by atomic mass is 10.0. The van der Waals surface area contributed by atoms with E-state index in [-0.39, 0.29) is 11.3 Å². The molecule has 4 nitrogen and oxygen atoms in total. The Kier molecular flexibility index (Phi) is 4.16. The van der Waals surface area contributed by atoms with Gasteiger partial charge in [-0.1, -0.05) is 30.3 Å². The molecule has 0 saturated carbocycles. The molecule has 0 fully saturated rings. The summed E-state index contributed by atoms with van der Waals surface area (Å²) in [5.74, 6) is -1.86. The zero-order chi connectivity index (χ0) is 17.3. The highest BCUT2D eigenvalue weighted by Crippen LogP contribution is 2.24. The fraction of sp³-hybridized carbons (Fsp3) is 0.158. The van der Waals surface area contributed by atoms with Crippen molar-refractivity contribution in [2.45, 2.75) is 20.0 Å². The molecule has 0 aliphatic carbocycles. The monoisotopic (exact) mass is 325 g/mol. The molecule has 0 radical (unpaired) electrons. The third-order valence-corrected chi connectivity index (χ3v) is 3.89. The van der Waals surface area contributed by atoms with Crippen molar-refractivity contribution in [3.05, 3.63) is 71.2 Å². The van der Waals surface area contributed by atoms with E-state index in [0.717, 1.165) is 10.9 Å². The molecule has 0 bridgehead atoms. The molecule has 0 aliphatic heterocycles. The molecule has 0 spiro atoms. The SMILES string of the molecule is Cc1[nH]c2ccccc2c1C(=O)C(C)OC(=O)c1ccccc1F. The number of ether oxygens (including phenoxy) is 1. The Morgan fingerprint density at radius 2 is 1.75 bits per heavy atom. The molecule has 1 atom stereocenters. The number of aromatic nitrogens is 1. The number of ketones is 1. The summed E-state index contributed by atoms with van der Waals surface area (Å²) >= 11 is 0. The molecule has 24 heavy (non-hydrogen) atoms. The summed E-state index contributed by atoms with van der Waals surface area (Å²) in [6.45, 7) is 3.28. The number of carbonyl (C=O) groups excluding carboxylic acids is 2. The maximum atomic E-state index is 13.6. The second-order valence-electron chi connectivity index (χ2n) is 5.56. The van der Waals surface area contributed by atoms with Crippen LogP contribution in [0.1, 0.15) is 33.3 Å². The van der Waals surface area contributed by atoms with Crippen LogP contribution in [0, 0.1) is 12.7 Å². The molecule has 122 valence electrons. The van der Waals surface area contributed by atoms with Crippen LogP contribution in [-0.4, -0.2) is 22.8 Å². The van der Waals surface area contributed by atoms with Crippen molar-refractivity contribution in [1.29, 1.82) is 0 Å². The van der Waals surface area contributed by atoms with Crippen LogP contribution < -0.4 is 0 Å². The highest BCUT2D eigenvalue weighted by molar-refractivity contribution is 6.11. The molecule has 3 rings (SSSR count). The lowest BCUT2D eigenvalue weighted by molar-refractivity contribution is 0.0314. The normalized spacial score (nSPS) is 12.1. The summed E-state index contributed by atoms with van der Waals surface area (Å²) in [5.41, 5.74) is 1.84. The lowest BCUT2D eigenvalue weighted by Gasteiger charge is -2.13. The topological polar surface area (TPSA) is 59.2 Å². The van der Waals surface area contributed by atoms with Gasteiger partial charge in [-0.25, -0.2) is 9.18 Å². The van der Waals surface area contributed by atoms with Gasteiger partial charge in [-0.15, -0.1) is 0 Å². The average molecular weight is 325 g/mol. The van der Waals surface area contributed by atoms with E-state index in [9.17, 15) is 14.0 Å². The van der Waals surface area contributed by atoms with Crippen LogP contribution in [0.4, 0.5) is 4.39 Å². The number of aromatic amines is 1. The minimum Gasteiger partial charge on any atom is -0.451 e. The third-order valence-electron chi connectivity index (χ3n) is 3.89. The second kappa shape index (κ2) is 6.28. The fourth-order valence-electron chi connectivity index (χ4n) is 2.70. The average Bonchev–Trinajstić information content (AvgIpc) is 2.90. The standard InChI is InChI=1S/C19H16FNO3/c1-11-17(14-8-4-6-10-16(14)21-11)18(22)12(2)24-19(23)13-7-3-5-9-15(13)20/h3-10,12,21H,1-2H3. The van der Waals surface area contributed by atoms with E-state index in [2.05, 4.69) is 4.98 Å². The Labute approximate surface area is 138 Å². The van der Waals surface area contributed by atoms with Gasteiger partial charge in [-0.05, 0) is 32.0 Å². The minimum atomic E-state index is -1.02. The van der Waals surface area contributed by atoms with E-state index in [1.807, 2.05) is 24.3 Å². The summed E-state index contributed by atoms with van der Waals surface area (Å²) in [6, 6.07) is 12.9. The van der Waals surface area contributed by atoms with Gasteiger partial charge < -0.3 is 9.72 Å². The van der Waals surface area contributed by atoms with Crippen LogP contribution in [0.2, 0.25) is 0 Å². The Morgan fingerprint density at radius 1 is 1.08 bits per heavy atom. The van der Waals surface area contributed by atoms with E-state index in [4.69, 9.17) is 4.74 Å². The fourth-order valence-corrected chi connectivity index (χ4v) is 2.70. The number of para-hydroxylation sites is 1. The van der Waals surface area contributed by atoms with Crippen molar-refractivity contribution < 1.29 is 18.7 Å². The van der Waals surface area contributed by atoms with Crippen molar-refractivity contribution in [3.63, 3.8) is 0 Å². The van der Waals surface area contributed by atoms with Crippen molar-refractivity contribution >= 4 is 22.7 Å². The van der Waals surface area contributed by atoms with Gasteiger partial charge in [0.25, 0.3) is 0 Å². The van der Waals surface area contributed by atoms with Gasteiger partial charge in [0.1, 0.15) is 5.82 Å². The molecular weight excluding hydrogens is 309 g/mol. The number of halogens is 1. The summed E-state index contributed by atoms with van der Waals surface area (Å²) < 4.78 is 18.8. The number of hydrogen-bond acceptors (Lipinski definition) is 3. The van der Waals surface area contributed by atoms with Gasteiger partial charge in [0, 0.05) is 22.2 Å². The highest BCUT2D eigenvalue weighted by atomic mass is 19.1. The number of benzene rings is 2. The maximum absolute atomic E-state index is 13.6. The molecule has 1 N–H and O–H groups in total. The minimum absolute atomic E-state index is 0.187. The van der Waals surface area contributed by atoms with E-state index < -0.39 is 17.9 Å². The number of aryl methyl sites for hydroxylation is 1.